The lowest BCUT2D eigenvalue weighted by molar-refractivity contribution is -0.161. The molecule has 0 aromatic rings. The Morgan fingerprint density at radius 3 is 0.965 bits per heavy atom. The van der Waals surface area contributed by atoms with E-state index in [1.807, 2.05) is 0 Å². The predicted molar refractivity (Wildman–Crippen MR) is 367 cm³/mol. The largest absolute Gasteiger partial charge is 0.472 e. The van der Waals surface area contributed by atoms with Crippen LogP contribution in [0, 0.1) is 0 Å². The van der Waals surface area contributed by atoms with Gasteiger partial charge in [-0.2, -0.15) is 0 Å². The number of phosphoric acid groups is 1. The molecule has 0 saturated heterocycles. The van der Waals surface area contributed by atoms with Crippen molar-refractivity contribution in [3.8, 4) is 0 Å². The fraction of sp³-hybridized carbons (Fsp3) is 0.787. The number of carbonyl (C=O) groups is 2. The van der Waals surface area contributed by atoms with Crippen LogP contribution in [0.4, 0.5) is 0 Å². The van der Waals surface area contributed by atoms with Gasteiger partial charge in [0.1, 0.15) is 6.61 Å². The normalized spacial score (nSPS) is 13.4. The molecule has 0 fully saturated rings. The highest BCUT2D eigenvalue weighted by Gasteiger charge is 2.26. The van der Waals surface area contributed by atoms with Gasteiger partial charge in [0.15, 0.2) is 6.10 Å². The molecule has 0 aromatic carbocycles. The number of ether oxygens (including phenoxy) is 2. The average Bonchev–Trinajstić information content (AvgIpc) is 3.53. The molecule has 85 heavy (non-hydrogen) atoms. The fourth-order valence-electron chi connectivity index (χ4n) is 10.5. The van der Waals surface area contributed by atoms with Gasteiger partial charge in [-0.25, -0.2) is 4.57 Å². The quantitative estimate of drug-likeness (QED) is 0.0264. The fourth-order valence-corrected chi connectivity index (χ4v) is 11.3. The van der Waals surface area contributed by atoms with Crippen LogP contribution in [-0.4, -0.2) is 49.3 Å². The summed E-state index contributed by atoms with van der Waals surface area (Å²) >= 11 is 0. The summed E-state index contributed by atoms with van der Waals surface area (Å²) in [5.41, 5.74) is 5.40. The molecular weight excluding hydrogens is 1070 g/mol. The summed E-state index contributed by atoms with van der Waals surface area (Å²) in [7, 11) is -4.40. The summed E-state index contributed by atoms with van der Waals surface area (Å²) in [6, 6.07) is 0. The molecule has 0 saturated carbocycles. The number of rotatable bonds is 68. The van der Waals surface area contributed by atoms with Crippen molar-refractivity contribution in [2.75, 3.05) is 26.4 Å². The third kappa shape index (κ3) is 70.2. The molecule has 0 bridgehead atoms. The number of hydrogen-bond acceptors (Lipinski definition) is 8. The number of hydrogen-bond donors (Lipinski definition) is 2. The molecule has 0 amide bonds. The van der Waals surface area contributed by atoms with Gasteiger partial charge in [-0.1, -0.05) is 349 Å². The van der Waals surface area contributed by atoms with Gasteiger partial charge in [0.2, 0.25) is 0 Å². The third-order valence-electron chi connectivity index (χ3n) is 15.8. The minimum atomic E-state index is -4.40. The van der Waals surface area contributed by atoms with E-state index in [1.54, 1.807) is 0 Å². The van der Waals surface area contributed by atoms with Crippen molar-refractivity contribution in [3.63, 3.8) is 0 Å². The summed E-state index contributed by atoms with van der Waals surface area (Å²) in [4.78, 5) is 35.3. The van der Waals surface area contributed by atoms with Crippen LogP contribution in [0.25, 0.3) is 0 Å². The Hall–Kier alpha value is -2.81. The van der Waals surface area contributed by atoms with Gasteiger partial charge in [-0.05, 0) is 70.6 Å². The Morgan fingerprint density at radius 1 is 0.365 bits per heavy atom. The van der Waals surface area contributed by atoms with E-state index in [4.69, 9.17) is 24.3 Å². The van der Waals surface area contributed by atoms with Crippen molar-refractivity contribution in [2.45, 2.75) is 354 Å². The van der Waals surface area contributed by atoms with Gasteiger partial charge >= 0.3 is 19.8 Å². The van der Waals surface area contributed by atoms with Gasteiger partial charge in [0, 0.05) is 19.4 Å². The van der Waals surface area contributed by atoms with Crippen LogP contribution in [0.3, 0.4) is 0 Å². The van der Waals surface area contributed by atoms with E-state index in [1.165, 1.54) is 218 Å². The second-order valence-electron chi connectivity index (χ2n) is 24.1. The molecule has 2 atom stereocenters. The second-order valence-corrected chi connectivity index (χ2v) is 25.5. The van der Waals surface area contributed by atoms with Gasteiger partial charge in [0.05, 0.1) is 13.2 Å². The molecule has 0 aromatic heterocycles. The van der Waals surface area contributed by atoms with Crippen LogP contribution in [-0.2, 0) is 32.7 Å². The maximum Gasteiger partial charge on any atom is 0.472 e. The summed E-state index contributed by atoms with van der Waals surface area (Å²) in [5, 5.41) is 0. The first-order valence-electron chi connectivity index (χ1n) is 36.1. The Morgan fingerprint density at radius 2 is 0.647 bits per heavy atom. The zero-order valence-corrected chi connectivity index (χ0v) is 56.5. The Balaban J connectivity index is 3.85. The van der Waals surface area contributed by atoms with E-state index in [0.29, 0.717) is 6.42 Å². The van der Waals surface area contributed by atoms with Crippen molar-refractivity contribution in [1.29, 1.82) is 0 Å². The SMILES string of the molecule is CC/C=C\C/C=C\C/C=C\C/C=C\C/C=C\C/C=C\C/C=C\CCCCCCCC(=O)OC(COC(=O)CCCCCCCCCCCCCCCCCCCCCCCCCCCCCCCCCCCCCCC)COP(=O)(O)OCCN. The van der Waals surface area contributed by atoms with Crippen molar-refractivity contribution in [3.05, 3.63) is 85.1 Å². The van der Waals surface area contributed by atoms with Gasteiger partial charge < -0.3 is 20.1 Å². The van der Waals surface area contributed by atoms with Crippen molar-refractivity contribution in [2.24, 2.45) is 5.73 Å². The van der Waals surface area contributed by atoms with E-state index in [0.717, 1.165) is 96.3 Å². The van der Waals surface area contributed by atoms with Crippen LogP contribution >= 0.6 is 7.82 Å². The molecular formula is C75H136NO8P. The first-order chi connectivity index (χ1) is 41.8. The standard InChI is InChI=1S/C75H136NO8P/c1-3-5-7-9-11-13-15-17-19-21-23-25-27-29-31-32-33-34-35-36-37-38-39-40-42-43-45-47-49-51-53-55-57-59-61-63-65-67-74(77)81-71-73(72-83-85(79,80)82-70-69-76)84-75(78)68-66-64-62-60-58-56-54-52-50-48-46-44-41-30-28-26-24-22-20-18-16-14-12-10-8-6-4-2/h6,8,12,14,18,20,24,26,30,41,46,48,52,54,73H,3-5,7,9-11,13,15-17,19,21-23,25,27-29,31-40,42-45,47,49-51,53,55-72,76H2,1-2H3,(H,79,80)/b8-6-,14-12-,20-18-,26-24-,41-30-,48-46-,54-52-. The second kappa shape index (κ2) is 70.3. The molecule has 0 rings (SSSR count). The topological polar surface area (TPSA) is 134 Å². The summed E-state index contributed by atoms with van der Waals surface area (Å²) in [5.74, 6) is -0.841. The molecule has 0 aliphatic rings. The molecule has 0 spiro atoms. The van der Waals surface area contributed by atoms with E-state index < -0.39 is 26.5 Å². The van der Waals surface area contributed by atoms with Crippen molar-refractivity contribution in [1.82, 2.24) is 0 Å². The van der Waals surface area contributed by atoms with Crippen LogP contribution in [0.15, 0.2) is 85.1 Å². The highest BCUT2D eigenvalue weighted by molar-refractivity contribution is 7.47. The highest BCUT2D eigenvalue weighted by Crippen LogP contribution is 2.43. The molecule has 10 heteroatoms. The lowest BCUT2D eigenvalue weighted by atomic mass is 10.0. The van der Waals surface area contributed by atoms with E-state index >= 15 is 0 Å². The highest BCUT2D eigenvalue weighted by atomic mass is 31.2. The first kappa shape index (κ1) is 82.2. The summed E-state index contributed by atoms with van der Waals surface area (Å²) in [6.45, 7) is 3.65. The molecule has 0 heterocycles. The Kier molecular flexibility index (Phi) is 68.0. The van der Waals surface area contributed by atoms with Gasteiger partial charge in [-0.15, -0.1) is 0 Å². The van der Waals surface area contributed by atoms with Crippen molar-refractivity contribution < 1.29 is 37.6 Å². The molecule has 9 nitrogen and oxygen atoms in total. The maximum atomic E-state index is 12.7. The van der Waals surface area contributed by atoms with Crippen molar-refractivity contribution >= 4 is 19.8 Å². The van der Waals surface area contributed by atoms with E-state index in [9.17, 15) is 19.0 Å². The number of esters is 2. The third-order valence-corrected chi connectivity index (χ3v) is 16.8. The Labute approximate surface area is 525 Å². The summed E-state index contributed by atoms with van der Waals surface area (Å²) in [6.07, 6.45) is 94.2. The van der Waals surface area contributed by atoms with E-state index in [2.05, 4.69) is 98.9 Å². The number of nitrogens with two attached hydrogens (primary N) is 1. The lowest BCUT2D eigenvalue weighted by Gasteiger charge is -2.19. The molecule has 494 valence electrons. The smallest absolute Gasteiger partial charge is 0.462 e. The van der Waals surface area contributed by atoms with Gasteiger partial charge in [-0.3, -0.25) is 18.6 Å². The van der Waals surface area contributed by atoms with E-state index in [-0.39, 0.29) is 38.6 Å². The van der Waals surface area contributed by atoms with Crippen LogP contribution < -0.4 is 5.73 Å². The van der Waals surface area contributed by atoms with Gasteiger partial charge in [0.25, 0.3) is 0 Å². The number of allylic oxidation sites excluding steroid dienone is 14. The predicted octanol–water partition coefficient (Wildman–Crippen LogP) is 23.8. The maximum absolute atomic E-state index is 12.7. The molecule has 0 aliphatic heterocycles. The molecule has 3 N–H and O–H groups in total. The minimum Gasteiger partial charge on any atom is -0.462 e. The first-order valence-corrected chi connectivity index (χ1v) is 37.6. The zero-order chi connectivity index (χ0) is 61.6. The molecule has 0 aliphatic carbocycles. The molecule has 0 radical (unpaired) electrons. The average molecular weight is 1210 g/mol. The van der Waals surface area contributed by atoms with Crippen LogP contribution in [0.5, 0.6) is 0 Å². The van der Waals surface area contributed by atoms with Crippen LogP contribution in [0.1, 0.15) is 348 Å². The summed E-state index contributed by atoms with van der Waals surface area (Å²) < 4.78 is 33.2. The zero-order valence-electron chi connectivity index (χ0n) is 55.6. The monoisotopic (exact) mass is 1210 g/mol. The number of unbranched alkanes of at least 4 members (excludes halogenated alkanes) is 41. The molecule has 2 unspecified atom stereocenters. The Bertz CT molecular complexity index is 1670. The lowest BCUT2D eigenvalue weighted by Crippen LogP contribution is -2.29. The van der Waals surface area contributed by atoms with Crippen LogP contribution in [0.2, 0.25) is 0 Å². The number of phosphoric ester groups is 1. The minimum absolute atomic E-state index is 0.0471. The number of carbonyl (C=O) groups excluding carboxylic acids is 2.